The average Bonchev–Trinajstić information content (AvgIpc) is 4.06. The van der Waals surface area contributed by atoms with Crippen molar-refractivity contribution in [3.8, 4) is 0 Å². The zero-order valence-electron chi connectivity index (χ0n) is 38.6. The van der Waals surface area contributed by atoms with Crippen LogP contribution in [0.15, 0.2) is 71.2 Å². The Balaban J connectivity index is 0.910. The number of hydrogen-bond donors (Lipinski definition) is 5. The lowest BCUT2D eigenvalue weighted by molar-refractivity contribution is -0.141. The number of carbonyl (C=O) groups excluding carboxylic acids is 7. The molecule has 8 rings (SSSR count). The van der Waals surface area contributed by atoms with E-state index in [4.69, 9.17) is 0 Å². The lowest BCUT2D eigenvalue weighted by Gasteiger charge is -2.37. The summed E-state index contributed by atoms with van der Waals surface area (Å²) >= 11 is 4.41. The fourth-order valence-corrected chi connectivity index (χ4v) is 11.2. The van der Waals surface area contributed by atoms with Gasteiger partial charge in [0.1, 0.15) is 18.1 Å². The molecule has 4 aliphatic rings. The number of fused-ring (bicyclic) bond motifs is 2. The van der Waals surface area contributed by atoms with Gasteiger partial charge in [0.25, 0.3) is 11.8 Å². The first-order valence-electron chi connectivity index (χ1n) is 23.0. The van der Waals surface area contributed by atoms with Crippen LogP contribution in [-0.4, -0.2) is 116 Å². The third-order valence-corrected chi connectivity index (χ3v) is 16.0. The molecule has 372 valence electrons. The molecule has 1 aromatic heterocycles. The normalized spacial score (nSPS) is 19.5. The maximum Gasteiger partial charge on any atom is 0.399 e. The van der Waals surface area contributed by atoms with Gasteiger partial charge in [0.2, 0.25) is 29.5 Å². The molecule has 3 atom stereocenters. The SMILES string of the molecule is CC(C)(C)C(NC(=O)c1cc2cc(C(F)(F)P(=O)(O)O)ccc2s1)C(=O)N1CCCC1C(=O)N(CCC(=O)N1CCC(Nc2cccc3c2CN(C2CCC(=O)NC2=O)C3=O)CC1)c1ccc(Br)cc1. The quantitative estimate of drug-likeness (QED) is 0.0737. The van der Waals surface area contributed by atoms with E-state index in [0.717, 1.165) is 39.2 Å². The van der Waals surface area contributed by atoms with Crippen LogP contribution in [0.25, 0.3) is 10.1 Å². The number of amides is 7. The Hall–Kier alpha value is -5.60. The van der Waals surface area contributed by atoms with Gasteiger partial charge in [-0.2, -0.15) is 8.78 Å². The van der Waals surface area contributed by atoms with Crippen molar-refractivity contribution in [3.63, 3.8) is 0 Å². The summed E-state index contributed by atoms with van der Waals surface area (Å²) < 4.78 is 41.7. The molecule has 3 unspecified atom stereocenters. The van der Waals surface area contributed by atoms with Crippen LogP contribution >= 0.6 is 34.9 Å². The molecule has 4 aliphatic heterocycles. The topological polar surface area (TPSA) is 226 Å². The number of rotatable bonds is 13. The minimum absolute atomic E-state index is 0.000661. The number of imide groups is 1. The predicted octanol–water partition coefficient (Wildman–Crippen LogP) is 6.31. The van der Waals surface area contributed by atoms with Crippen LogP contribution in [0.2, 0.25) is 0 Å². The summed E-state index contributed by atoms with van der Waals surface area (Å²) in [6.45, 7) is 6.65. The number of halogens is 3. The lowest BCUT2D eigenvalue weighted by Crippen LogP contribution is -2.58. The van der Waals surface area contributed by atoms with E-state index in [1.807, 2.05) is 6.07 Å². The highest BCUT2D eigenvalue weighted by Gasteiger charge is 2.50. The van der Waals surface area contributed by atoms with Gasteiger partial charge in [-0.3, -0.25) is 43.4 Å². The molecule has 0 spiro atoms. The van der Waals surface area contributed by atoms with E-state index in [9.17, 15) is 56.7 Å². The molecule has 5 N–H and O–H groups in total. The van der Waals surface area contributed by atoms with E-state index in [1.54, 1.807) is 62.1 Å². The van der Waals surface area contributed by atoms with Gasteiger partial charge in [0, 0.05) is 88.8 Å². The Bertz CT molecular complexity index is 2810. The van der Waals surface area contributed by atoms with Crippen molar-refractivity contribution in [2.45, 2.75) is 102 Å². The summed E-state index contributed by atoms with van der Waals surface area (Å²) in [6, 6.07) is 14.1. The maximum absolute atomic E-state index is 14.7. The second-order valence-corrected chi connectivity index (χ2v) is 22.8. The third-order valence-electron chi connectivity index (χ3n) is 13.4. The molecule has 0 saturated carbocycles. The Labute approximate surface area is 414 Å². The lowest BCUT2D eigenvalue weighted by atomic mass is 9.85. The smallest absolute Gasteiger partial charge is 0.382 e. The van der Waals surface area contributed by atoms with Crippen molar-refractivity contribution in [3.05, 3.63) is 92.8 Å². The molecule has 0 aliphatic carbocycles. The van der Waals surface area contributed by atoms with E-state index < -0.39 is 60.1 Å². The summed E-state index contributed by atoms with van der Waals surface area (Å²) in [4.78, 5) is 119. The molecule has 3 aromatic carbocycles. The fraction of sp³-hybridized carbons (Fsp3) is 0.438. The number of nitrogens with one attached hydrogen (secondary N) is 3. The second-order valence-electron chi connectivity index (χ2n) is 19.2. The largest absolute Gasteiger partial charge is 0.399 e. The molecule has 0 bridgehead atoms. The number of alkyl halides is 2. The van der Waals surface area contributed by atoms with Crippen molar-refractivity contribution in [2.24, 2.45) is 5.41 Å². The summed E-state index contributed by atoms with van der Waals surface area (Å²) in [5.41, 5.74) is -3.63. The van der Waals surface area contributed by atoms with Crippen molar-refractivity contribution in [2.75, 3.05) is 36.4 Å². The summed E-state index contributed by atoms with van der Waals surface area (Å²) in [7, 11) is -5.83. The van der Waals surface area contributed by atoms with Crippen LogP contribution < -0.4 is 20.9 Å². The Morgan fingerprint density at radius 2 is 1.67 bits per heavy atom. The standard InChI is InChI=1S/C48H53BrF2N7O10PS/c1-47(2,3)41(54-43(62)38-25-27-24-28(9-15-37(27)70-38)48(50,51)69(66,67)68)46(65)57-20-5-8-36(57)45(64)56(31-12-10-29(49)11-13-31)23-19-40(60)55-21-17-30(18-22-55)52-34-7-4-6-32-33(34)26-58(44(32)63)35-14-16-39(59)53-42(35)61/h4,6-7,9-13,15,24-25,30,35-36,41,52H,5,8,14,16-23,26H2,1-3H3,(H,54,62)(H,53,59,61)(H2,66,67,68). The average molecular weight is 1070 g/mol. The van der Waals surface area contributed by atoms with E-state index in [0.29, 0.717) is 54.7 Å². The van der Waals surface area contributed by atoms with Crippen molar-refractivity contribution in [1.29, 1.82) is 0 Å². The van der Waals surface area contributed by atoms with Gasteiger partial charge >= 0.3 is 13.3 Å². The third kappa shape index (κ3) is 10.4. The molecule has 5 heterocycles. The van der Waals surface area contributed by atoms with E-state index in [-0.39, 0.29) is 78.8 Å². The molecular weight excluding hydrogens is 1020 g/mol. The van der Waals surface area contributed by atoms with Crippen LogP contribution in [0.5, 0.6) is 0 Å². The highest BCUT2D eigenvalue weighted by Crippen LogP contribution is 2.59. The molecular formula is C48H53BrF2N7O10PS. The molecule has 4 aromatic rings. The number of hydrogen-bond acceptors (Lipinski definition) is 10. The number of thiophene rings is 1. The van der Waals surface area contributed by atoms with Gasteiger partial charge in [0.05, 0.1) is 4.88 Å². The van der Waals surface area contributed by atoms with Crippen LogP contribution in [0, 0.1) is 5.41 Å². The second kappa shape index (κ2) is 19.9. The van der Waals surface area contributed by atoms with Crippen LogP contribution in [0.4, 0.5) is 20.2 Å². The minimum atomic E-state index is -5.83. The van der Waals surface area contributed by atoms with Gasteiger partial charge in [-0.15, -0.1) is 11.3 Å². The highest BCUT2D eigenvalue weighted by molar-refractivity contribution is 9.10. The Morgan fingerprint density at radius 3 is 2.34 bits per heavy atom. The summed E-state index contributed by atoms with van der Waals surface area (Å²) in [5, 5.41) is 8.86. The van der Waals surface area contributed by atoms with Crippen LogP contribution in [0.3, 0.4) is 0 Å². The predicted molar refractivity (Wildman–Crippen MR) is 260 cm³/mol. The molecule has 3 saturated heterocycles. The first-order valence-corrected chi connectivity index (χ1v) is 26.2. The molecule has 22 heteroatoms. The molecule has 0 radical (unpaired) electrons. The molecule has 3 fully saturated rings. The minimum Gasteiger partial charge on any atom is -0.382 e. The zero-order chi connectivity index (χ0) is 50.4. The van der Waals surface area contributed by atoms with E-state index >= 15 is 0 Å². The number of nitrogens with zero attached hydrogens (tertiary/aromatic N) is 4. The van der Waals surface area contributed by atoms with Crippen molar-refractivity contribution in [1.82, 2.24) is 25.3 Å². The summed E-state index contributed by atoms with van der Waals surface area (Å²) in [6.07, 6.45) is 2.49. The van der Waals surface area contributed by atoms with Crippen LogP contribution in [0.1, 0.15) is 96.9 Å². The van der Waals surface area contributed by atoms with Gasteiger partial charge in [-0.25, -0.2) is 0 Å². The fourth-order valence-electron chi connectivity index (χ4n) is 9.56. The number of piperidine rings is 2. The first-order chi connectivity index (χ1) is 33.0. The van der Waals surface area contributed by atoms with Crippen molar-refractivity contribution < 1.29 is 56.7 Å². The number of likely N-dealkylation sites (tertiary alicyclic amines) is 2. The number of carbonyl (C=O) groups is 7. The van der Waals surface area contributed by atoms with Gasteiger partial charge in [-0.1, -0.05) is 48.8 Å². The van der Waals surface area contributed by atoms with Crippen LogP contribution in [-0.2, 0) is 40.7 Å². The molecule has 70 heavy (non-hydrogen) atoms. The van der Waals surface area contributed by atoms with Gasteiger partial charge in [0.15, 0.2) is 0 Å². The highest BCUT2D eigenvalue weighted by atomic mass is 79.9. The monoisotopic (exact) mass is 1070 g/mol. The van der Waals surface area contributed by atoms with Crippen molar-refractivity contribution >= 4 is 97.7 Å². The first kappa shape index (κ1) is 50.8. The van der Waals surface area contributed by atoms with E-state index in [2.05, 4.69) is 31.9 Å². The molecule has 17 nitrogen and oxygen atoms in total. The zero-order valence-corrected chi connectivity index (χ0v) is 41.9. The number of anilines is 2. The summed E-state index contributed by atoms with van der Waals surface area (Å²) in [5.74, 6) is -2.80. The van der Waals surface area contributed by atoms with E-state index in [1.165, 1.54) is 26.8 Å². The Kier molecular flexibility index (Phi) is 14.4. The van der Waals surface area contributed by atoms with Gasteiger partial charge in [-0.05, 0) is 97.5 Å². The number of benzene rings is 3. The molecule has 7 amide bonds. The maximum atomic E-state index is 14.7. The van der Waals surface area contributed by atoms with Gasteiger partial charge < -0.3 is 40.0 Å². The Morgan fingerprint density at radius 1 is 0.957 bits per heavy atom.